The Kier molecular flexibility index (Phi) is 5.07. The molecule has 0 radical (unpaired) electrons. The van der Waals surface area contributed by atoms with Gasteiger partial charge in [-0.3, -0.25) is 19.3 Å². The fourth-order valence-corrected chi connectivity index (χ4v) is 3.15. The van der Waals surface area contributed by atoms with Gasteiger partial charge in [-0.15, -0.1) is 0 Å². The van der Waals surface area contributed by atoms with E-state index >= 15 is 0 Å². The van der Waals surface area contributed by atoms with Gasteiger partial charge < -0.3 is 10.6 Å². The lowest BCUT2D eigenvalue weighted by Gasteiger charge is -2.14. The van der Waals surface area contributed by atoms with Crippen molar-refractivity contribution in [3.63, 3.8) is 0 Å². The molecule has 0 saturated carbocycles. The van der Waals surface area contributed by atoms with Crippen LogP contribution in [0.4, 0.5) is 22.7 Å². The number of imide groups is 1. The molecule has 3 aromatic carbocycles. The molecule has 1 fully saturated rings. The summed E-state index contributed by atoms with van der Waals surface area (Å²) < 4.78 is 0. The third kappa shape index (κ3) is 4.16. The monoisotopic (exact) mass is 385 g/mol. The average molecular weight is 385 g/mol. The first kappa shape index (κ1) is 18.4. The Balaban J connectivity index is 1.40. The maximum Gasteiger partial charge on any atom is 0.255 e. The summed E-state index contributed by atoms with van der Waals surface area (Å²) in [5.74, 6) is -0.688. The molecule has 3 aromatic rings. The van der Waals surface area contributed by atoms with Crippen LogP contribution in [0, 0.1) is 0 Å². The van der Waals surface area contributed by atoms with Crippen molar-refractivity contribution in [2.24, 2.45) is 0 Å². The Bertz CT molecular complexity index is 1030. The van der Waals surface area contributed by atoms with E-state index in [9.17, 15) is 14.4 Å². The number of nitrogens with one attached hydrogen (secondary N) is 2. The Labute approximate surface area is 168 Å². The van der Waals surface area contributed by atoms with Gasteiger partial charge in [0.1, 0.15) is 0 Å². The number of rotatable bonds is 5. The maximum absolute atomic E-state index is 12.5. The van der Waals surface area contributed by atoms with E-state index in [2.05, 4.69) is 10.6 Å². The predicted octanol–water partition coefficient (Wildman–Crippen LogP) is 4.34. The Hall–Kier alpha value is -3.93. The summed E-state index contributed by atoms with van der Waals surface area (Å²) in [6, 6.07) is 23.7. The molecule has 29 heavy (non-hydrogen) atoms. The van der Waals surface area contributed by atoms with Gasteiger partial charge in [0.05, 0.1) is 5.69 Å². The molecular formula is C23H19N3O3. The molecule has 3 amide bonds. The van der Waals surface area contributed by atoms with Crippen LogP contribution in [0.5, 0.6) is 0 Å². The topological polar surface area (TPSA) is 78.5 Å². The molecule has 0 atom stereocenters. The summed E-state index contributed by atoms with van der Waals surface area (Å²) in [5.41, 5.74) is 3.50. The molecule has 6 heteroatoms. The number of para-hydroxylation sites is 1. The summed E-state index contributed by atoms with van der Waals surface area (Å²) in [6.45, 7) is 0. The first-order valence-corrected chi connectivity index (χ1v) is 9.29. The zero-order chi connectivity index (χ0) is 20.2. The van der Waals surface area contributed by atoms with Gasteiger partial charge in [-0.25, -0.2) is 0 Å². The van der Waals surface area contributed by atoms with Gasteiger partial charge in [-0.2, -0.15) is 0 Å². The zero-order valence-corrected chi connectivity index (χ0v) is 15.6. The van der Waals surface area contributed by atoms with Crippen LogP contribution in [-0.4, -0.2) is 17.7 Å². The van der Waals surface area contributed by atoms with Gasteiger partial charge in [0.2, 0.25) is 11.8 Å². The van der Waals surface area contributed by atoms with E-state index in [1.54, 1.807) is 24.3 Å². The average Bonchev–Trinajstić information content (AvgIpc) is 3.08. The minimum absolute atomic E-state index is 0.212. The molecular weight excluding hydrogens is 366 g/mol. The van der Waals surface area contributed by atoms with Crippen LogP contribution in [0.1, 0.15) is 23.2 Å². The van der Waals surface area contributed by atoms with Gasteiger partial charge in [-0.05, 0) is 60.7 Å². The quantitative estimate of drug-likeness (QED) is 0.641. The molecule has 2 N–H and O–H groups in total. The number of anilines is 4. The van der Waals surface area contributed by atoms with E-state index in [0.29, 0.717) is 16.9 Å². The molecule has 0 aromatic heterocycles. The lowest BCUT2D eigenvalue weighted by Crippen LogP contribution is -2.28. The van der Waals surface area contributed by atoms with Crippen LogP contribution < -0.4 is 15.5 Å². The highest BCUT2D eigenvalue weighted by molar-refractivity contribution is 6.20. The van der Waals surface area contributed by atoms with E-state index in [4.69, 9.17) is 0 Å². The van der Waals surface area contributed by atoms with E-state index in [1.165, 1.54) is 4.90 Å². The molecule has 6 nitrogen and oxygen atoms in total. The van der Waals surface area contributed by atoms with Crippen LogP contribution in [-0.2, 0) is 9.59 Å². The van der Waals surface area contributed by atoms with Gasteiger partial charge >= 0.3 is 0 Å². The molecule has 0 spiro atoms. The van der Waals surface area contributed by atoms with E-state index in [1.807, 2.05) is 54.6 Å². The van der Waals surface area contributed by atoms with E-state index < -0.39 is 0 Å². The number of benzene rings is 3. The first-order chi connectivity index (χ1) is 14.1. The van der Waals surface area contributed by atoms with Crippen molar-refractivity contribution in [2.45, 2.75) is 12.8 Å². The van der Waals surface area contributed by atoms with Gasteiger partial charge in [-0.1, -0.05) is 18.2 Å². The summed E-state index contributed by atoms with van der Waals surface area (Å²) in [4.78, 5) is 37.3. The summed E-state index contributed by atoms with van der Waals surface area (Å²) in [7, 11) is 0. The highest BCUT2D eigenvalue weighted by Gasteiger charge is 2.30. The van der Waals surface area contributed by atoms with Crippen LogP contribution >= 0.6 is 0 Å². The van der Waals surface area contributed by atoms with Crippen LogP contribution in [0.2, 0.25) is 0 Å². The van der Waals surface area contributed by atoms with Crippen molar-refractivity contribution in [1.82, 2.24) is 0 Å². The lowest BCUT2D eigenvalue weighted by atomic mass is 10.1. The van der Waals surface area contributed by atoms with Gasteiger partial charge in [0.15, 0.2) is 0 Å². The third-order valence-electron chi connectivity index (χ3n) is 4.64. The highest BCUT2D eigenvalue weighted by Crippen LogP contribution is 2.23. The molecule has 0 bridgehead atoms. The minimum Gasteiger partial charge on any atom is -0.356 e. The number of hydrogen-bond donors (Lipinski definition) is 2. The van der Waals surface area contributed by atoms with Gasteiger partial charge in [0.25, 0.3) is 5.91 Å². The first-order valence-electron chi connectivity index (χ1n) is 9.29. The second-order valence-corrected chi connectivity index (χ2v) is 6.69. The molecule has 1 saturated heterocycles. The maximum atomic E-state index is 12.5. The van der Waals surface area contributed by atoms with Crippen molar-refractivity contribution >= 4 is 40.5 Å². The standard InChI is InChI=1S/C23H19N3O3/c27-21-14-15-22(28)26(21)20-12-6-16(7-13-20)23(29)25-19-10-8-18(9-11-19)24-17-4-2-1-3-5-17/h1-13,24H,14-15H2,(H,25,29). The fraction of sp³-hybridized carbons (Fsp3) is 0.0870. The number of nitrogens with zero attached hydrogens (tertiary/aromatic N) is 1. The Morgan fingerprint density at radius 2 is 1.24 bits per heavy atom. The van der Waals surface area contributed by atoms with E-state index in [0.717, 1.165) is 11.4 Å². The molecule has 0 aliphatic carbocycles. The predicted molar refractivity (Wildman–Crippen MR) is 112 cm³/mol. The highest BCUT2D eigenvalue weighted by atomic mass is 16.2. The molecule has 1 aliphatic rings. The summed E-state index contributed by atoms with van der Waals surface area (Å²) in [5, 5.41) is 6.13. The Morgan fingerprint density at radius 3 is 1.86 bits per heavy atom. The molecule has 1 aliphatic heterocycles. The van der Waals surface area contributed by atoms with Crippen molar-refractivity contribution in [3.8, 4) is 0 Å². The number of carbonyl (C=O) groups excluding carboxylic acids is 3. The minimum atomic E-state index is -0.264. The van der Waals surface area contributed by atoms with Crippen molar-refractivity contribution in [3.05, 3.63) is 84.4 Å². The second-order valence-electron chi connectivity index (χ2n) is 6.69. The number of hydrogen-bond acceptors (Lipinski definition) is 4. The fourth-order valence-electron chi connectivity index (χ4n) is 3.15. The Morgan fingerprint density at radius 1 is 0.690 bits per heavy atom. The van der Waals surface area contributed by atoms with E-state index in [-0.39, 0.29) is 30.6 Å². The van der Waals surface area contributed by atoms with Gasteiger partial charge in [0, 0.05) is 35.5 Å². The largest absolute Gasteiger partial charge is 0.356 e. The van der Waals surface area contributed by atoms with Crippen molar-refractivity contribution in [2.75, 3.05) is 15.5 Å². The molecule has 144 valence electrons. The third-order valence-corrected chi connectivity index (χ3v) is 4.64. The summed E-state index contributed by atoms with van der Waals surface area (Å²) >= 11 is 0. The van der Waals surface area contributed by atoms with Crippen molar-refractivity contribution < 1.29 is 14.4 Å². The summed E-state index contributed by atoms with van der Waals surface area (Å²) in [6.07, 6.45) is 0.465. The SMILES string of the molecule is O=C(Nc1ccc(Nc2ccccc2)cc1)c1ccc(N2C(=O)CCC2=O)cc1. The number of carbonyl (C=O) groups is 3. The van der Waals surface area contributed by atoms with Crippen LogP contribution in [0.25, 0.3) is 0 Å². The van der Waals surface area contributed by atoms with Crippen LogP contribution in [0.3, 0.4) is 0 Å². The number of amides is 3. The molecule has 1 heterocycles. The molecule has 4 rings (SSSR count). The normalized spacial score (nSPS) is 13.4. The zero-order valence-electron chi connectivity index (χ0n) is 15.6. The van der Waals surface area contributed by atoms with Crippen LogP contribution in [0.15, 0.2) is 78.9 Å². The lowest BCUT2D eigenvalue weighted by molar-refractivity contribution is -0.121. The second kappa shape index (κ2) is 7.98. The molecule has 0 unspecified atom stereocenters. The smallest absolute Gasteiger partial charge is 0.255 e. The van der Waals surface area contributed by atoms with Crippen molar-refractivity contribution in [1.29, 1.82) is 0 Å².